The number of methoxy groups -OCH3 is 2. The third kappa shape index (κ3) is 5.38. The van der Waals surface area contributed by atoms with Gasteiger partial charge in [-0.25, -0.2) is 4.79 Å². The largest absolute Gasteiger partial charge is 0.504 e. The fourth-order valence-corrected chi connectivity index (χ4v) is 5.44. The molecule has 12 heteroatoms. The summed E-state index contributed by atoms with van der Waals surface area (Å²) in [7, 11) is 2.76. The third-order valence-corrected chi connectivity index (χ3v) is 7.53. The van der Waals surface area contributed by atoms with Crippen LogP contribution in [0, 0.1) is 11.8 Å². The fourth-order valence-electron chi connectivity index (χ4n) is 5.44. The summed E-state index contributed by atoms with van der Waals surface area (Å²) in [6, 6.07) is 3.36. The van der Waals surface area contributed by atoms with E-state index in [0.29, 0.717) is 12.2 Å². The number of nitrogens with two attached hydrogens (primary N) is 1. The van der Waals surface area contributed by atoms with Crippen molar-refractivity contribution in [2.45, 2.75) is 55.9 Å². The number of aromatic hydroxyl groups is 1. The van der Waals surface area contributed by atoms with Gasteiger partial charge in [-0.15, -0.1) is 6.58 Å². The van der Waals surface area contributed by atoms with Gasteiger partial charge in [0.2, 0.25) is 6.29 Å². The quantitative estimate of drug-likeness (QED) is 0.169. The lowest BCUT2D eigenvalue weighted by Gasteiger charge is -2.43. The number of fused-ring (bicyclic) bond motifs is 1. The average molecular weight is 539 g/mol. The second kappa shape index (κ2) is 12.0. The first kappa shape index (κ1) is 28.3. The van der Waals surface area contributed by atoms with Gasteiger partial charge < -0.3 is 54.5 Å². The Bertz CT molecular complexity index is 1040. The number of aliphatic hydroxyl groups excluding tert-OH is 4. The van der Waals surface area contributed by atoms with E-state index in [0.717, 1.165) is 24.1 Å². The van der Waals surface area contributed by atoms with Crippen LogP contribution in [0.3, 0.4) is 0 Å². The molecular weight excluding hydrogens is 502 g/mol. The second-order valence-electron chi connectivity index (χ2n) is 9.66. The minimum Gasteiger partial charge on any atom is -0.504 e. The number of ether oxygens (including phenoxy) is 5. The highest BCUT2D eigenvalue weighted by Gasteiger charge is 2.48. The van der Waals surface area contributed by atoms with Crippen LogP contribution in [0.1, 0.15) is 23.6 Å². The van der Waals surface area contributed by atoms with Crippen LogP contribution >= 0.6 is 0 Å². The van der Waals surface area contributed by atoms with Crippen LogP contribution in [0.2, 0.25) is 0 Å². The van der Waals surface area contributed by atoms with E-state index in [1.165, 1.54) is 20.5 Å². The molecular formula is C26H36NO11+. The zero-order chi connectivity index (χ0) is 27.6. The van der Waals surface area contributed by atoms with Gasteiger partial charge in [-0.2, -0.15) is 0 Å². The molecule has 0 radical (unpaired) electrons. The number of rotatable bonds is 8. The molecule has 12 nitrogen and oxygen atoms in total. The van der Waals surface area contributed by atoms with Crippen LogP contribution in [0.4, 0.5) is 0 Å². The maximum atomic E-state index is 12.7. The van der Waals surface area contributed by atoms with E-state index in [1.54, 1.807) is 12.1 Å². The normalized spacial score (nSPS) is 34.9. The molecule has 1 aromatic rings. The molecule has 0 aromatic heterocycles. The van der Waals surface area contributed by atoms with Gasteiger partial charge >= 0.3 is 5.97 Å². The van der Waals surface area contributed by atoms with E-state index in [9.17, 15) is 30.3 Å². The number of hydrogen-bond acceptors (Lipinski definition) is 11. The van der Waals surface area contributed by atoms with Crippen LogP contribution in [0.15, 0.2) is 36.6 Å². The Morgan fingerprint density at radius 1 is 1.18 bits per heavy atom. The van der Waals surface area contributed by atoms with Crippen molar-refractivity contribution in [2.24, 2.45) is 11.8 Å². The van der Waals surface area contributed by atoms with Gasteiger partial charge in [-0.1, -0.05) is 6.08 Å². The Labute approximate surface area is 220 Å². The van der Waals surface area contributed by atoms with Crippen molar-refractivity contribution in [1.29, 1.82) is 0 Å². The summed E-state index contributed by atoms with van der Waals surface area (Å²) in [6.07, 6.45) is -4.41. The second-order valence-corrected chi connectivity index (χ2v) is 9.66. The first-order valence-electron chi connectivity index (χ1n) is 12.5. The maximum absolute atomic E-state index is 12.7. The number of hydrogen-bond donors (Lipinski definition) is 6. The standard InChI is InChI=1S/C26H35NO11/c1-4-13-15(8-17-14-9-18(29)19(34-2)7-12(14)5-6-27-17)16(24(33)35-3)11-36-25(13)38-26-23(32)22(31)21(30)20(10-28)37-26/h4,7,9,11,13,15,17,20-23,25-32H,1,5-6,8,10H2,2-3H3/p+1/t13-,15+,17-,20-,21-,22+,23-,25+,26+/m1/s1. The molecule has 1 saturated heterocycles. The number of quaternary nitrogens is 1. The van der Waals surface area contributed by atoms with Gasteiger partial charge in [-0.05, 0) is 17.7 Å². The summed E-state index contributed by atoms with van der Waals surface area (Å²) in [4.78, 5) is 12.7. The average Bonchev–Trinajstić information content (AvgIpc) is 2.93. The molecule has 4 rings (SSSR count). The fraction of sp³-hybridized carbons (Fsp3) is 0.577. The Morgan fingerprint density at radius 2 is 1.95 bits per heavy atom. The van der Waals surface area contributed by atoms with Crippen LogP contribution in [0.25, 0.3) is 0 Å². The van der Waals surface area contributed by atoms with Crippen molar-refractivity contribution in [2.75, 3.05) is 27.4 Å². The Balaban J connectivity index is 1.62. The number of carbonyl (C=O) groups excluding carboxylic acids is 1. The Kier molecular flexibility index (Phi) is 8.93. The van der Waals surface area contributed by atoms with Crippen LogP contribution in [-0.2, 0) is 30.2 Å². The van der Waals surface area contributed by atoms with Crippen molar-refractivity contribution >= 4 is 5.97 Å². The molecule has 0 unspecified atom stereocenters. The third-order valence-electron chi connectivity index (χ3n) is 7.53. The predicted octanol–water partition coefficient (Wildman–Crippen LogP) is -1.40. The lowest BCUT2D eigenvalue weighted by Crippen LogP contribution is -2.87. The zero-order valence-corrected chi connectivity index (χ0v) is 21.3. The lowest BCUT2D eigenvalue weighted by molar-refractivity contribution is -0.700. The molecule has 0 amide bonds. The highest BCUT2D eigenvalue weighted by atomic mass is 16.8. The molecule has 1 aromatic carbocycles. The highest BCUT2D eigenvalue weighted by molar-refractivity contribution is 5.89. The molecule has 3 aliphatic rings. The molecule has 1 fully saturated rings. The maximum Gasteiger partial charge on any atom is 0.337 e. The van der Waals surface area contributed by atoms with E-state index in [4.69, 9.17) is 23.7 Å². The van der Waals surface area contributed by atoms with Gasteiger partial charge in [0.15, 0.2) is 17.8 Å². The highest BCUT2D eigenvalue weighted by Crippen LogP contribution is 2.41. The van der Waals surface area contributed by atoms with Gasteiger partial charge in [0.1, 0.15) is 30.5 Å². The summed E-state index contributed by atoms with van der Waals surface area (Å²) in [5.41, 5.74) is 2.22. The first-order valence-corrected chi connectivity index (χ1v) is 12.5. The summed E-state index contributed by atoms with van der Waals surface area (Å²) >= 11 is 0. The van der Waals surface area contributed by atoms with E-state index in [1.807, 2.05) is 6.07 Å². The smallest absolute Gasteiger partial charge is 0.337 e. The van der Waals surface area contributed by atoms with Crippen LogP contribution in [0.5, 0.6) is 11.5 Å². The molecule has 38 heavy (non-hydrogen) atoms. The Morgan fingerprint density at radius 3 is 2.61 bits per heavy atom. The zero-order valence-electron chi connectivity index (χ0n) is 21.3. The van der Waals surface area contributed by atoms with Crippen LogP contribution in [-0.4, -0.2) is 95.9 Å². The predicted molar refractivity (Wildman–Crippen MR) is 130 cm³/mol. The topological polar surface area (TPSA) is 181 Å². The van der Waals surface area contributed by atoms with Crippen LogP contribution < -0.4 is 10.1 Å². The van der Waals surface area contributed by atoms with Crippen molar-refractivity contribution in [3.05, 3.63) is 47.7 Å². The molecule has 0 saturated carbocycles. The van der Waals surface area contributed by atoms with Crippen molar-refractivity contribution < 1.29 is 59.3 Å². The van der Waals surface area contributed by atoms with Crippen molar-refractivity contribution in [3.8, 4) is 11.5 Å². The number of carbonyl (C=O) groups is 1. The Hall–Kier alpha value is -2.71. The molecule has 7 N–H and O–H groups in total. The van der Waals surface area contributed by atoms with Gasteiger partial charge in [0.25, 0.3) is 0 Å². The molecule has 9 atom stereocenters. The van der Waals surface area contributed by atoms with E-state index < -0.39 is 61.4 Å². The monoisotopic (exact) mass is 538 g/mol. The van der Waals surface area contributed by atoms with Gasteiger partial charge in [0, 0.05) is 30.2 Å². The van der Waals surface area contributed by atoms with E-state index in [2.05, 4.69) is 11.9 Å². The van der Waals surface area contributed by atoms with Gasteiger partial charge in [0.05, 0.1) is 39.2 Å². The lowest BCUT2D eigenvalue weighted by atomic mass is 9.77. The van der Waals surface area contributed by atoms with Crippen molar-refractivity contribution in [3.63, 3.8) is 0 Å². The number of aliphatic hydroxyl groups is 4. The number of benzene rings is 1. The summed E-state index contributed by atoms with van der Waals surface area (Å²) in [5.74, 6) is -1.29. The molecule has 210 valence electrons. The molecule has 0 spiro atoms. The minimum atomic E-state index is -1.62. The minimum absolute atomic E-state index is 0.0198. The SMILES string of the molecule is C=C[C@H]1[C@H](O[C@@H]2O[C@H](CO)[C@@H](O)[C@H](O)[C@H]2O)OC=C(C(=O)OC)[C@H]1C[C@H]1[NH2+]CCc2cc(OC)c(O)cc21. The van der Waals surface area contributed by atoms with E-state index in [-0.39, 0.29) is 17.4 Å². The van der Waals surface area contributed by atoms with E-state index >= 15 is 0 Å². The summed E-state index contributed by atoms with van der Waals surface area (Å²) in [5, 5.41) is 52.7. The molecule has 0 bridgehead atoms. The molecule has 3 aliphatic heterocycles. The van der Waals surface area contributed by atoms with Gasteiger partial charge in [-0.3, -0.25) is 0 Å². The number of phenols is 1. The molecule has 0 aliphatic carbocycles. The van der Waals surface area contributed by atoms with Crippen molar-refractivity contribution in [1.82, 2.24) is 0 Å². The first-order chi connectivity index (χ1) is 18.2. The summed E-state index contributed by atoms with van der Waals surface area (Å²) in [6.45, 7) is 4.09. The number of phenolic OH excluding ortho intramolecular Hbond substituents is 1. The number of esters is 1. The summed E-state index contributed by atoms with van der Waals surface area (Å²) < 4.78 is 27.3. The molecule has 3 heterocycles.